The lowest BCUT2D eigenvalue weighted by atomic mass is 10.1. The summed E-state index contributed by atoms with van der Waals surface area (Å²) in [5.74, 6) is 0.265. The number of rotatable bonds is 5. The second-order valence-corrected chi connectivity index (χ2v) is 7.89. The molecule has 5 rings (SSSR count). The topological polar surface area (TPSA) is 112 Å². The lowest BCUT2D eigenvalue weighted by molar-refractivity contribution is -0.116. The van der Waals surface area contributed by atoms with Crippen LogP contribution in [0.5, 0.6) is 0 Å². The molecule has 8 heteroatoms. The van der Waals surface area contributed by atoms with E-state index in [1.807, 2.05) is 50.2 Å². The molecule has 0 aliphatic rings. The summed E-state index contributed by atoms with van der Waals surface area (Å²) >= 11 is 0. The highest BCUT2D eigenvalue weighted by molar-refractivity contribution is 5.94. The van der Waals surface area contributed by atoms with E-state index in [2.05, 4.69) is 30.5 Å². The first-order valence-electron chi connectivity index (χ1n) is 10.1. The Morgan fingerprint density at radius 2 is 2.03 bits per heavy atom. The van der Waals surface area contributed by atoms with Crippen LogP contribution in [0.25, 0.3) is 44.7 Å². The van der Waals surface area contributed by atoms with Gasteiger partial charge >= 0.3 is 0 Å². The number of aromatic nitrogens is 6. The van der Waals surface area contributed by atoms with Gasteiger partial charge in [0.2, 0.25) is 5.91 Å². The molecule has 31 heavy (non-hydrogen) atoms. The number of hydrogen-bond acceptors (Lipinski definition) is 5. The Bertz CT molecular complexity index is 1370. The molecule has 0 aliphatic carbocycles. The van der Waals surface area contributed by atoms with Crippen molar-refractivity contribution in [3.63, 3.8) is 0 Å². The lowest BCUT2D eigenvalue weighted by Gasteiger charge is -2.08. The number of carbonyl (C=O) groups excluding carboxylic acids is 1. The van der Waals surface area contributed by atoms with Gasteiger partial charge in [-0.25, -0.2) is 4.98 Å². The molecule has 0 radical (unpaired) electrons. The Kier molecular flexibility index (Phi) is 4.66. The highest BCUT2D eigenvalue weighted by Crippen LogP contribution is 2.29. The van der Waals surface area contributed by atoms with Gasteiger partial charge in [-0.2, -0.15) is 5.10 Å². The van der Waals surface area contributed by atoms with Crippen LogP contribution in [0.1, 0.15) is 20.3 Å². The van der Waals surface area contributed by atoms with Gasteiger partial charge in [0, 0.05) is 24.4 Å². The van der Waals surface area contributed by atoms with Gasteiger partial charge < -0.3 is 10.3 Å². The average Bonchev–Trinajstić information content (AvgIpc) is 3.36. The maximum Gasteiger partial charge on any atom is 0.224 e. The normalized spacial score (nSPS) is 11.5. The molecule has 154 valence electrons. The van der Waals surface area contributed by atoms with Crippen molar-refractivity contribution in [1.29, 1.82) is 0 Å². The van der Waals surface area contributed by atoms with E-state index in [-0.39, 0.29) is 5.91 Å². The van der Waals surface area contributed by atoms with Crippen LogP contribution in [-0.4, -0.2) is 36.0 Å². The fourth-order valence-electron chi connectivity index (χ4n) is 3.56. The van der Waals surface area contributed by atoms with E-state index in [4.69, 9.17) is 4.98 Å². The number of amides is 1. The molecule has 8 nitrogen and oxygen atoms in total. The Morgan fingerprint density at radius 3 is 2.87 bits per heavy atom. The zero-order valence-electron chi connectivity index (χ0n) is 17.2. The van der Waals surface area contributed by atoms with Crippen LogP contribution >= 0.6 is 0 Å². The first-order chi connectivity index (χ1) is 15.1. The van der Waals surface area contributed by atoms with Crippen molar-refractivity contribution in [2.45, 2.75) is 20.3 Å². The minimum atomic E-state index is -0.0260. The van der Waals surface area contributed by atoms with Crippen molar-refractivity contribution in [2.24, 2.45) is 5.92 Å². The minimum Gasteiger partial charge on any atom is -0.352 e. The summed E-state index contributed by atoms with van der Waals surface area (Å²) in [6.07, 6.45) is 5.60. The van der Waals surface area contributed by atoms with Gasteiger partial charge in [-0.15, -0.1) is 0 Å². The summed E-state index contributed by atoms with van der Waals surface area (Å²) in [6.45, 7) is 4.03. The fraction of sp³-hybridized carbons (Fsp3) is 0.174. The summed E-state index contributed by atoms with van der Waals surface area (Å²) in [6, 6.07) is 11.6. The quantitative estimate of drug-likeness (QED) is 0.393. The highest BCUT2D eigenvalue weighted by atomic mass is 16.1. The monoisotopic (exact) mass is 411 g/mol. The third-order valence-corrected chi connectivity index (χ3v) is 4.96. The predicted molar refractivity (Wildman–Crippen MR) is 120 cm³/mol. The number of nitrogens with zero attached hydrogens (tertiary/aromatic N) is 4. The molecule has 5 aromatic heterocycles. The van der Waals surface area contributed by atoms with Gasteiger partial charge in [0.05, 0.1) is 39.8 Å². The molecule has 0 fully saturated rings. The smallest absolute Gasteiger partial charge is 0.224 e. The number of carbonyl (C=O) groups is 1. The van der Waals surface area contributed by atoms with E-state index in [1.165, 1.54) is 0 Å². The Labute approximate surface area is 178 Å². The summed E-state index contributed by atoms with van der Waals surface area (Å²) in [7, 11) is 0. The molecule has 5 aromatic rings. The van der Waals surface area contributed by atoms with Crippen molar-refractivity contribution < 1.29 is 4.79 Å². The van der Waals surface area contributed by atoms with Crippen molar-refractivity contribution in [2.75, 3.05) is 5.32 Å². The molecule has 0 spiro atoms. The molecule has 0 atom stereocenters. The van der Waals surface area contributed by atoms with E-state index in [9.17, 15) is 4.79 Å². The second kappa shape index (κ2) is 7.64. The van der Waals surface area contributed by atoms with Crippen LogP contribution in [0, 0.1) is 5.92 Å². The van der Waals surface area contributed by atoms with Crippen LogP contribution in [0.15, 0.2) is 55.0 Å². The van der Waals surface area contributed by atoms with Crippen LogP contribution in [0.3, 0.4) is 0 Å². The number of H-pyrrole nitrogens is 2. The van der Waals surface area contributed by atoms with Gasteiger partial charge in [-0.3, -0.25) is 19.9 Å². The van der Waals surface area contributed by atoms with Crippen molar-refractivity contribution >= 4 is 33.7 Å². The average molecular weight is 411 g/mol. The Morgan fingerprint density at radius 1 is 1.13 bits per heavy atom. The van der Waals surface area contributed by atoms with Gasteiger partial charge in [-0.05, 0) is 42.3 Å². The number of anilines is 1. The molecule has 0 aliphatic heterocycles. The fourth-order valence-corrected chi connectivity index (χ4v) is 3.56. The van der Waals surface area contributed by atoms with Crippen LogP contribution < -0.4 is 5.32 Å². The Hall–Kier alpha value is -4.07. The standard InChI is InChI=1S/C23H21N7O/c1-13(2)8-21(31)26-15-9-14(11-24-12-15)16-5-6-18-22(28-16)23(30-29-18)20-10-19-17(27-20)4-3-7-25-19/h3-7,9-13,27H,8H2,1-2H3,(H,26,31)(H,29,30). The van der Waals surface area contributed by atoms with Gasteiger partial charge in [0.1, 0.15) is 11.2 Å². The third-order valence-electron chi connectivity index (χ3n) is 4.96. The predicted octanol–water partition coefficient (Wildman–Crippen LogP) is 4.55. The molecule has 5 heterocycles. The molecule has 0 bridgehead atoms. The van der Waals surface area contributed by atoms with Crippen molar-refractivity contribution in [3.8, 4) is 22.6 Å². The van der Waals surface area contributed by atoms with E-state index >= 15 is 0 Å². The molecule has 0 unspecified atom stereocenters. The van der Waals surface area contributed by atoms with Crippen molar-refractivity contribution in [1.82, 2.24) is 30.1 Å². The largest absolute Gasteiger partial charge is 0.352 e. The lowest BCUT2D eigenvalue weighted by Crippen LogP contribution is -2.13. The number of hydrogen-bond donors (Lipinski definition) is 3. The van der Waals surface area contributed by atoms with E-state index in [0.29, 0.717) is 18.0 Å². The third kappa shape index (κ3) is 3.75. The molecule has 3 N–H and O–H groups in total. The summed E-state index contributed by atoms with van der Waals surface area (Å²) in [5, 5.41) is 10.4. The van der Waals surface area contributed by atoms with E-state index in [0.717, 1.165) is 44.7 Å². The van der Waals surface area contributed by atoms with Crippen molar-refractivity contribution in [3.05, 3.63) is 55.0 Å². The zero-order chi connectivity index (χ0) is 21.4. The molecule has 1 amide bonds. The SMILES string of the molecule is CC(C)CC(=O)Nc1cncc(-c2ccc3[nH]nc(-c4cc5ncccc5[nH]4)c3n2)c1. The summed E-state index contributed by atoms with van der Waals surface area (Å²) < 4.78 is 0. The minimum absolute atomic E-state index is 0.0260. The molecular formula is C23H21N7O. The molecule has 0 aromatic carbocycles. The van der Waals surface area contributed by atoms with Crippen LogP contribution in [0.2, 0.25) is 0 Å². The zero-order valence-corrected chi connectivity index (χ0v) is 17.2. The summed E-state index contributed by atoms with van der Waals surface area (Å²) in [5.41, 5.74) is 7.18. The number of fused-ring (bicyclic) bond motifs is 2. The highest BCUT2D eigenvalue weighted by Gasteiger charge is 2.14. The maximum atomic E-state index is 12.1. The van der Waals surface area contributed by atoms with Crippen LogP contribution in [0.4, 0.5) is 5.69 Å². The van der Waals surface area contributed by atoms with Gasteiger partial charge in [-0.1, -0.05) is 13.8 Å². The molecule has 0 saturated carbocycles. The molecular weight excluding hydrogens is 390 g/mol. The van der Waals surface area contributed by atoms with Crippen LogP contribution in [-0.2, 0) is 4.79 Å². The van der Waals surface area contributed by atoms with E-state index in [1.54, 1.807) is 18.6 Å². The number of nitrogens with one attached hydrogen (secondary N) is 3. The first-order valence-corrected chi connectivity index (χ1v) is 10.1. The van der Waals surface area contributed by atoms with Gasteiger partial charge in [0.15, 0.2) is 0 Å². The first kappa shape index (κ1) is 18.9. The summed E-state index contributed by atoms with van der Waals surface area (Å²) in [4.78, 5) is 28.9. The van der Waals surface area contributed by atoms with Gasteiger partial charge in [0.25, 0.3) is 0 Å². The van der Waals surface area contributed by atoms with E-state index < -0.39 is 0 Å². The number of pyridine rings is 3. The number of aromatic amines is 2. The second-order valence-electron chi connectivity index (χ2n) is 7.89. The maximum absolute atomic E-state index is 12.1. The molecule has 0 saturated heterocycles. The Balaban J connectivity index is 1.51.